The van der Waals surface area contributed by atoms with E-state index in [1.54, 1.807) is 12.1 Å². The summed E-state index contributed by atoms with van der Waals surface area (Å²) in [6.45, 7) is 4.93. The number of non-ortho nitro benzene ring substituents is 1. The number of nitro benzene ring substituents is 1. The normalized spacial score (nSPS) is 22.1. The highest BCUT2D eigenvalue weighted by Crippen LogP contribution is 2.36. The van der Waals surface area contributed by atoms with E-state index in [0.29, 0.717) is 29.2 Å². The summed E-state index contributed by atoms with van der Waals surface area (Å²) in [6, 6.07) is 16.6. The van der Waals surface area contributed by atoms with Gasteiger partial charge in [-0.15, -0.1) is 0 Å². The summed E-state index contributed by atoms with van der Waals surface area (Å²) in [6.07, 6.45) is 9.19. The molecule has 2 aliphatic heterocycles. The summed E-state index contributed by atoms with van der Waals surface area (Å²) in [5, 5.41) is 22.5. The first-order chi connectivity index (χ1) is 20.4. The Kier molecular flexibility index (Phi) is 9.89. The van der Waals surface area contributed by atoms with Crippen LogP contribution in [0.4, 0.5) is 10.5 Å². The van der Waals surface area contributed by atoms with Crippen LogP contribution in [-0.4, -0.2) is 70.9 Å². The average Bonchev–Trinajstić information content (AvgIpc) is 3.69. The number of rotatable bonds is 10. The quantitative estimate of drug-likeness (QED) is 0.236. The number of allylic oxidation sites excluding steroid dienone is 1. The van der Waals surface area contributed by atoms with Gasteiger partial charge in [0.05, 0.1) is 4.92 Å². The first kappa shape index (κ1) is 29.8. The van der Waals surface area contributed by atoms with Gasteiger partial charge < -0.3 is 24.6 Å². The minimum absolute atomic E-state index is 0.0246. The third kappa shape index (κ3) is 7.56. The van der Waals surface area contributed by atoms with Gasteiger partial charge in [0.1, 0.15) is 6.09 Å². The molecule has 5 rings (SSSR count). The number of carboxylic acid groups (broad SMARTS) is 1. The first-order valence-corrected chi connectivity index (χ1v) is 15.3. The van der Waals surface area contributed by atoms with Crippen molar-refractivity contribution >= 4 is 17.7 Å². The lowest BCUT2D eigenvalue weighted by molar-refractivity contribution is -0.384. The molecule has 9 heteroatoms. The summed E-state index contributed by atoms with van der Waals surface area (Å²) in [7, 11) is 0. The minimum Gasteiger partial charge on any atom is -0.530 e. The van der Waals surface area contributed by atoms with Gasteiger partial charge in [0.25, 0.3) is 5.69 Å². The second kappa shape index (κ2) is 14.0. The fourth-order valence-corrected chi connectivity index (χ4v) is 6.93. The van der Waals surface area contributed by atoms with Gasteiger partial charge in [-0.3, -0.25) is 14.9 Å². The lowest BCUT2D eigenvalue weighted by Gasteiger charge is -2.34. The van der Waals surface area contributed by atoms with Gasteiger partial charge in [0.15, 0.2) is 0 Å². The number of carbonyl (C=O) groups excluding carboxylic acids is 2. The Morgan fingerprint density at radius 1 is 0.952 bits per heavy atom. The van der Waals surface area contributed by atoms with Crippen molar-refractivity contribution in [2.45, 2.75) is 51.0 Å². The molecule has 9 nitrogen and oxygen atoms in total. The average molecular weight is 574 g/mol. The Labute approximate surface area is 247 Å². The van der Waals surface area contributed by atoms with Crippen molar-refractivity contribution in [3.05, 3.63) is 88.0 Å². The van der Waals surface area contributed by atoms with E-state index >= 15 is 0 Å². The fraction of sp³-hybridized carbons (Fsp3) is 0.515. The van der Waals surface area contributed by atoms with E-state index in [2.05, 4.69) is 46.2 Å². The van der Waals surface area contributed by atoms with Crippen molar-refractivity contribution < 1.29 is 19.6 Å². The molecule has 2 aromatic rings. The molecular weight excluding hydrogens is 532 g/mol. The maximum absolute atomic E-state index is 13.3. The molecule has 1 saturated carbocycles. The molecule has 2 heterocycles. The van der Waals surface area contributed by atoms with Gasteiger partial charge in [-0.25, -0.2) is 0 Å². The maximum Gasteiger partial charge on any atom is 0.269 e. The highest BCUT2D eigenvalue weighted by atomic mass is 16.6. The van der Waals surface area contributed by atoms with E-state index in [4.69, 9.17) is 0 Å². The van der Waals surface area contributed by atoms with Crippen molar-refractivity contribution in [2.24, 2.45) is 17.8 Å². The van der Waals surface area contributed by atoms with E-state index in [0.717, 1.165) is 58.4 Å². The highest BCUT2D eigenvalue weighted by Gasteiger charge is 2.39. The number of carbonyl (C=O) groups is 2. The SMILES string of the molecule is O=C([O-])N(CC=CC1CCN(C[C@H]2CN(C(=O)C3CCCC3)C[C@@H]2c2ccccc2)CC1)Cc1ccc([N+](=O)[O-])cc1. The number of likely N-dealkylation sites (tertiary alicyclic amines) is 2. The molecular formula is C33H41N4O5-. The predicted molar refractivity (Wildman–Crippen MR) is 158 cm³/mol. The summed E-state index contributed by atoms with van der Waals surface area (Å²) >= 11 is 0. The second-order valence-corrected chi connectivity index (χ2v) is 12.1. The number of piperidine rings is 1. The summed E-state index contributed by atoms with van der Waals surface area (Å²) in [4.78, 5) is 41.2. The van der Waals surface area contributed by atoms with Crippen LogP contribution < -0.4 is 5.11 Å². The lowest BCUT2D eigenvalue weighted by atomic mass is 9.87. The number of benzene rings is 2. The van der Waals surface area contributed by atoms with Crippen molar-refractivity contribution in [1.29, 1.82) is 0 Å². The Balaban J connectivity index is 1.12. The summed E-state index contributed by atoms with van der Waals surface area (Å²) in [5.74, 6) is 1.74. The molecule has 0 N–H and O–H groups in total. The van der Waals surface area contributed by atoms with Crippen LogP contribution in [0.25, 0.3) is 0 Å². The monoisotopic (exact) mass is 573 g/mol. The van der Waals surface area contributed by atoms with Gasteiger partial charge in [0, 0.05) is 56.7 Å². The second-order valence-electron chi connectivity index (χ2n) is 12.1. The Morgan fingerprint density at radius 2 is 1.64 bits per heavy atom. The smallest absolute Gasteiger partial charge is 0.269 e. The molecule has 2 amide bonds. The number of nitro groups is 1. The van der Waals surface area contributed by atoms with Gasteiger partial charge in [-0.1, -0.05) is 67.5 Å². The summed E-state index contributed by atoms with van der Waals surface area (Å²) in [5.41, 5.74) is 1.98. The highest BCUT2D eigenvalue weighted by molar-refractivity contribution is 5.79. The van der Waals surface area contributed by atoms with E-state index in [-0.39, 0.29) is 24.7 Å². The molecule has 2 aromatic carbocycles. The zero-order valence-corrected chi connectivity index (χ0v) is 24.2. The Bertz CT molecular complexity index is 1240. The number of hydrogen-bond donors (Lipinski definition) is 0. The van der Waals surface area contributed by atoms with Crippen LogP contribution in [0.15, 0.2) is 66.7 Å². The van der Waals surface area contributed by atoms with E-state index in [1.807, 2.05) is 6.08 Å². The molecule has 1 aliphatic carbocycles. The molecule has 0 spiro atoms. The molecule has 2 atom stereocenters. The third-order valence-corrected chi connectivity index (χ3v) is 9.32. The van der Waals surface area contributed by atoms with Crippen molar-refractivity contribution in [1.82, 2.24) is 14.7 Å². The largest absolute Gasteiger partial charge is 0.530 e. The van der Waals surface area contributed by atoms with Crippen LogP contribution in [0.3, 0.4) is 0 Å². The van der Waals surface area contributed by atoms with Crippen LogP contribution in [0, 0.1) is 27.9 Å². The van der Waals surface area contributed by atoms with Crippen LogP contribution >= 0.6 is 0 Å². The Morgan fingerprint density at radius 3 is 2.29 bits per heavy atom. The zero-order chi connectivity index (χ0) is 29.5. The van der Waals surface area contributed by atoms with E-state index in [9.17, 15) is 24.8 Å². The van der Waals surface area contributed by atoms with Crippen LogP contribution in [0.2, 0.25) is 0 Å². The van der Waals surface area contributed by atoms with Gasteiger partial charge in [-0.05, 0) is 61.7 Å². The molecule has 3 aliphatic rings. The zero-order valence-electron chi connectivity index (χ0n) is 24.2. The number of hydrogen-bond acceptors (Lipinski definition) is 6. The molecule has 3 fully saturated rings. The van der Waals surface area contributed by atoms with Gasteiger partial charge >= 0.3 is 0 Å². The standard InChI is InChI=1S/C33H42N4O5/c38-32(28-10-4-5-11-28)36-23-29(31(24-36)27-8-2-1-3-9-27)22-34-19-16-25(17-20-34)7-6-18-35(33(39)40)21-26-12-14-30(15-13-26)37(41)42/h1-3,6-9,12-15,25,28-29,31H,4-5,10-11,16-24H2,(H,39,40)/p-1/t29-,31+/m0/s1. The molecule has 0 unspecified atom stereocenters. The fourth-order valence-electron chi connectivity index (χ4n) is 6.93. The topological polar surface area (TPSA) is 110 Å². The molecule has 42 heavy (non-hydrogen) atoms. The Hall–Kier alpha value is -3.72. The van der Waals surface area contributed by atoms with E-state index < -0.39 is 11.0 Å². The predicted octanol–water partition coefficient (Wildman–Crippen LogP) is 4.44. The third-order valence-electron chi connectivity index (χ3n) is 9.32. The van der Waals surface area contributed by atoms with Crippen molar-refractivity contribution in [2.75, 3.05) is 39.3 Å². The van der Waals surface area contributed by atoms with Crippen LogP contribution in [0.5, 0.6) is 0 Å². The molecule has 0 aromatic heterocycles. The lowest BCUT2D eigenvalue weighted by Crippen LogP contribution is -2.41. The van der Waals surface area contributed by atoms with Gasteiger partial charge in [-0.2, -0.15) is 0 Å². The molecule has 0 radical (unpaired) electrons. The van der Waals surface area contributed by atoms with Crippen LogP contribution in [-0.2, 0) is 11.3 Å². The summed E-state index contributed by atoms with van der Waals surface area (Å²) < 4.78 is 0. The molecule has 2 saturated heterocycles. The first-order valence-electron chi connectivity index (χ1n) is 15.3. The minimum atomic E-state index is -1.27. The van der Waals surface area contributed by atoms with Crippen molar-refractivity contribution in [3.8, 4) is 0 Å². The van der Waals surface area contributed by atoms with E-state index in [1.165, 1.54) is 35.4 Å². The maximum atomic E-state index is 13.3. The molecule has 224 valence electrons. The number of nitrogens with zero attached hydrogens (tertiary/aromatic N) is 4. The molecule has 0 bridgehead atoms. The number of amides is 2. The van der Waals surface area contributed by atoms with Gasteiger partial charge in [0.2, 0.25) is 5.91 Å². The van der Waals surface area contributed by atoms with Crippen LogP contribution in [0.1, 0.15) is 55.6 Å². The van der Waals surface area contributed by atoms with Crippen molar-refractivity contribution in [3.63, 3.8) is 0 Å².